The second kappa shape index (κ2) is 9.95. The number of fused-ring (bicyclic) bond motifs is 1. The lowest BCUT2D eigenvalue weighted by atomic mass is 9.83. The third kappa shape index (κ3) is 4.69. The summed E-state index contributed by atoms with van der Waals surface area (Å²) in [4.78, 5) is 41.7. The highest BCUT2D eigenvalue weighted by molar-refractivity contribution is 5.99. The van der Waals surface area contributed by atoms with Crippen molar-refractivity contribution in [2.75, 3.05) is 26.7 Å². The first kappa shape index (κ1) is 23.9. The summed E-state index contributed by atoms with van der Waals surface area (Å²) in [6.07, 6.45) is 3.71. The number of aryl methyl sites for hydroxylation is 1. The maximum absolute atomic E-state index is 13.4. The number of amides is 3. The Hall–Kier alpha value is -3.23. The van der Waals surface area contributed by atoms with E-state index in [0.717, 1.165) is 48.8 Å². The number of carbonyl (C=O) groups is 3. The van der Waals surface area contributed by atoms with E-state index in [-0.39, 0.29) is 23.8 Å². The first-order valence-corrected chi connectivity index (χ1v) is 12.0. The monoisotopic (exact) mass is 470 g/mol. The summed E-state index contributed by atoms with van der Waals surface area (Å²) in [6.45, 7) is 3.11. The summed E-state index contributed by atoms with van der Waals surface area (Å²) in [5.41, 5.74) is 1.50. The van der Waals surface area contributed by atoms with Gasteiger partial charge in [0.1, 0.15) is 17.5 Å². The smallest absolute Gasteiger partial charge is 0.405 e. The molecule has 0 spiro atoms. The molecule has 0 radical (unpaired) electrons. The molecule has 2 atom stereocenters. The zero-order valence-corrected chi connectivity index (χ0v) is 20.1. The van der Waals surface area contributed by atoms with Crippen molar-refractivity contribution in [2.24, 2.45) is 13.0 Å². The van der Waals surface area contributed by atoms with Gasteiger partial charge in [-0.1, -0.05) is 19.3 Å². The minimum absolute atomic E-state index is 0.0250. The van der Waals surface area contributed by atoms with Crippen molar-refractivity contribution in [2.45, 2.75) is 51.1 Å². The van der Waals surface area contributed by atoms with Gasteiger partial charge in [-0.2, -0.15) is 0 Å². The molecule has 1 aliphatic heterocycles. The molecular formula is C25H34N4O5. The molecule has 1 unspecified atom stereocenters. The minimum atomic E-state index is -1.17. The molecule has 184 valence electrons. The van der Waals surface area contributed by atoms with Crippen LogP contribution >= 0.6 is 0 Å². The molecule has 1 aliphatic carbocycles. The molecule has 1 saturated heterocycles. The Bertz CT molecular complexity index is 1070. The molecule has 9 heteroatoms. The van der Waals surface area contributed by atoms with Gasteiger partial charge in [0.05, 0.1) is 12.6 Å². The number of carbonyl (C=O) groups excluding carboxylic acids is 2. The van der Waals surface area contributed by atoms with Crippen LogP contribution in [-0.2, 0) is 11.8 Å². The van der Waals surface area contributed by atoms with Gasteiger partial charge in [0, 0.05) is 44.2 Å². The highest BCUT2D eigenvalue weighted by Crippen LogP contribution is 2.29. The van der Waals surface area contributed by atoms with E-state index in [0.29, 0.717) is 25.3 Å². The maximum atomic E-state index is 13.4. The van der Waals surface area contributed by atoms with E-state index in [9.17, 15) is 19.5 Å². The van der Waals surface area contributed by atoms with Gasteiger partial charge in [0.2, 0.25) is 5.91 Å². The zero-order chi connectivity index (χ0) is 24.4. The van der Waals surface area contributed by atoms with E-state index in [2.05, 4.69) is 5.32 Å². The number of hydrogen-bond acceptors (Lipinski definition) is 4. The number of hydrogen-bond donors (Lipinski definition) is 2. The molecule has 34 heavy (non-hydrogen) atoms. The van der Waals surface area contributed by atoms with Gasteiger partial charge in [0.25, 0.3) is 5.91 Å². The fraction of sp³-hybridized carbons (Fsp3) is 0.560. The molecule has 4 rings (SSSR count). The van der Waals surface area contributed by atoms with E-state index in [4.69, 9.17) is 4.74 Å². The molecule has 1 aromatic heterocycles. The summed E-state index contributed by atoms with van der Waals surface area (Å²) in [7, 11) is 3.48. The molecule has 2 aromatic rings. The number of nitrogens with zero attached hydrogens (tertiary/aromatic N) is 3. The van der Waals surface area contributed by atoms with Crippen molar-refractivity contribution in [1.82, 2.24) is 19.7 Å². The summed E-state index contributed by atoms with van der Waals surface area (Å²) in [6, 6.07) is 6.67. The highest BCUT2D eigenvalue weighted by atomic mass is 16.5. The van der Waals surface area contributed by atoms with Crippen LogP contribution in [-0.4, -0.2) is 76.2 Å². The number of ether oxygens (including phenoxy) is 1. The first-order chi connectivity index (χ1) is 16.3. The van der Waals surface area contributed by atoms with Gasteiger partial charge in [-0.3, -0.25) is 9.59 Å². The van der Waals surface area contributed by atoms with E-state index in [1.165, 1.54) is 0 Å². The third-order valence-electron chi connectivity index (χ3n) is 7.34. The Kier molecular flexibility index (Phi) is 7.00. The van der Waals surface area contributed by atoms with Crippen LogP contribution in [0.1, 0.15) is 49.5 Å². The second-order valence-electron chi connectivity index (χ2n) is 9.47. The normalized spacial score (nSPS) is 20.3. The highest BCUT2D eigenvalue weighted by Gasteiger charge is 2.38. The fourth-order valence-electron chi connectivity index (χ4n) is 5.43. The summed E-state index contributed by atoms with van der Waals surface area (Å²) in [5.74, 6) is 0.502. The molecule has 2 N–H and O–H groups in total. The fourth-order valence-corrected chi connectivity index (χ4v) is 5.43. The molecule has 1 saturated carbocycles. The van der Waals surface area contributed by atoms with Gasteiger partial charge < -0.3 is 29.5 Å². The molecule has 9 nitrogen and oxygen atoms in total. The predicted molar refractivity (Wildman–Crippen MR) is 128 cm³/mol. The SMILES string of the molecule is COc1ccc2cc(C(=O)N3CCN(C(=O)[C@@H](NC(=O)O)C4CCCCC4)C(C)C3)n(C)c2c1. The summed E-state index contributed by atoms with van der Waals surface area (Å²) in [5, 5.41) is 12.8. The predicted octanol–water partition coefficient (Wildman–Crippen LogP) is 3.08. The summed E-state index contributed by atoms with van der Waals surface area (Å²) >= 11 is 0. The number of piperazine rings is 1. The van der Waals surface area contributed by atoms with Crippen LogP contribution in [0.5, 0.6) is 5.75 Å². The van der Waals surface area contributed by atoms with E-state index in [1.807, 2.05) is 42.8 Å². The van der Waals surface area contributed by atoms with Gasteiger partial charge >= 0.3 is 6.09 Å². The molecule has 2 aliphatic rings. The van der Waals surface area contributed by atoms with Gasteiger partial charge in [-0.25, -0.2) is 4.79 Å². The van der Waals surface area contributed by atoms with Crippen molar-refractivity contribution in [3.63, 3.8) is 0 Å². The van der Waals surface area contributed by atoms with Crippen molar-refractivity contribution in [3.8, 4) is 5.75 Å². The zero-order valence-electron chi connectivity index (χ0n) is 20.1. The summed E-state index contributed by atoms with van der Waals surface area (Å²) < 4.78 is 7.18. The number of carboxylic acid groups (broad SMARTS) is 1. The maximum Gasteiger partial charge on any atom is 0.405 e. The van der Waals surface area contributed by atoms with Crippen molar-refractivity contribution >= 4 is 28.8 Å². The number of methoxy groups -OCH3 is 1. The molecule has 0 bridgehead atoms. The molecule has 1 aromatic carbocycles. The van der Waals surface area contributed by atoms with Crippen LogP contribution in [0.2, 0.25) is 0 Å². The van der Waals surface area contributed by atoms with Crippen LogP contribution in [0, 0.1) is 5.92 Å². The van der Waals surface area contributed by atoms with Crippen molar-refractivity contribution in [1.29, 1.82) is 0 Å². The third-order valence-corrected chi connectivity index (χ3v) is 7.34. The molecule has 2 heterocycles. The Morgan fingerprint density at radius 1 is 1.12 bits per heavy atom. The van der Waals surface area contributed by atoms with Gasteiger partial charge in [-0.05, 0) is 43.9 Å². The quantitative estimate of drug-likeness (QED) is 0.699. The Morgan fingerprint density at radius 2 is 1.85 bits per heavy atom. The molecular weight excluding hydrogens is 436 g/mol. The van der Waals surface area contributed by atoms with Crippen molar-refractivity contribution < 1.29 is 24.2 Å². The van der Waals surface area contributed by atoms with Crippen LogP contribution < -0.4 is 10.1 Å². The topological polar surface area (TPSA) is 104 Å². The lowest BCUT2D eigenvalue weighted by Crippen LogP contribution is -2.61. The number of nitrogens with one attached hydrogen (secondary N) is 1. The lowest BCUT2D eigenvalue weighted by Gasteiger charge is -2.42. The first-order valence-electron chi connectivity index (χ1n) is 12.0. The largest absolute Gasteiger partial charge is 0.497 e. The molecule has 3 amide bonds. The Balaban J connectivity index is 1.47. The average molecular weight is 471 g/mol. The lowest BCUT2D eigenvalue weighted by molar-refractivity contribution is -0.139. The van der Waals surface area contributed by atoms with Crippen LogP contribution in [0.4, 0.5) is 4.79 Å². The number of rotatable bonds is 5. The minimum Gasteiger partial charge on any atom is -0.497 e. The Morgan fingerprint density at radius 3 is 2.50 bits per heavy atom. The van der Waals surface area contributed by atoms with E-state index < -0.39 is 12.1 Å². The van der Waals surface area contributed by atoms with Gasteiger partial charge in [0.15, 0.2) is 0 Å². The number of aromatic nitrogens is 1. The van der Waals surface area contributed by atoms with Crippen LogP contribution in [0.15, 0.2) is 24.3 Å². The Labute approximate surface area is 199 Å². The van der Waals surface area contributed by atoms with Crippen molar-refractivity contribution in [3.05, 3.63) is 30.0 Å². The van der Waals surface area contributed by atoms with Gasteiger partial charge in [-0.15, -0.1) is 0 Å². The molecule has 2 fully saturated rings. The van der Waals surface area contributed by atoms with Crippen LogP contribution in [0.25, 0.3) is 10.9 Å². The average Bonchev–Trinajstić information content (AvgIpc) is 3.17. The van der Waals surface area contributed by atoms with E-state index in [1.54, 1.807) is 16.9 Å². The second-order valence-corrected chi connectivity index (χ2v) is 9.47. The van der Waals surface area contributed by atoms with E-state index >= 15 is 0 Å². The van der Waals surface area contributed by atoms with Crippen LogP contribution in [0.3, 0.4) is 0 Å². The number of benzene rings is 1. The standard InChI is InChI=1S/C25H34N4O5/c1-16-15-28(23(30)21-13-18-9-10-19(34-3)14-20(18)27(21)2)11-12-29(16)24(31)22(26-25(32)33)17-7-5-4-6-8-17/h9-10,13-14,16-17,22,26H,4-8,11-12,15H2,1-3H3,(H,32,33)/t16?,22-/m0/s1.